The average molecular weight is 344 g/mol. The largest absolute Gasteiger partial charge is 0.438 e. The number of amides is 1. The first kappa shape index (κ1) is 18.0. The number of sulfonamides is 1. The molecule has 1 aromatic rings. The van der Waals surface area contributed by atoms with Crippen LogP contribution in [0.3, 0.4) is 0 Å². The maximum atomic E-state index is 11.9. The maximum Gasteiger partial charge on any atom is 0.287 e. The lowest BCUT2D eigenvalue weighted by molar-refractivity contribution is -0.00301. The van der Waals surface area contributed by atoms with E-state index < -0.39 is 15.9 Å². The Hall–Kier alpha value is -1.38. The zero-order valence-electron chi connectivity index (χ0n) is 13.5. The molecule has 0 bridgehead atoms. The molecule has 1 heterocycles. The first-order valence-corrected chi connectivity index (χ1v) is 9.35. The summed E-state index contributed by atoms with van der Waals surface area (Å²) >= 11 is 0. The number of hydrogen-bond donors (Lipinski definition) is 2. The molecule has 2 atom stereocenters. The second kappa shape index (κ2) is 7.94. The van der Waals surface area contributed by atoms with Crippen LogP contribution in [0.1, 0.15) is 43.2 Å². The highest BCUT2D eigenvalue weighted by Gasteiger charge is 2.22. The van der Waals surface area contributed by atoms with Gasteiger partial charge in [0.15, 0.2) is 5.76 Å². The van der Waals surface area contributed by atoms with Crippen LogP contribution in [0, 0.1) is 5.92 Å². The zero-order chi connectivity index (χ0) is 16.9. The van der Waals surface area contributed by atoms with E-state index in [-0.39, 0.29) is 17.0 Å². The van der Waals surface area contributed by atoms with Gasteiger partial charge >= 0.3 is 0 Å². The molecule has 8 heteroatoms. The molecule has 1 amide bonds. The molecule has 7 nitrogen and oxygen atoms in total. The van der Waals surface area contributed by atoms with Gasteiger partial charge in [-0.1, -0.05) is 19.8 Å². The van der Waals surface area contributed by atoms with Gasteiger partial charge in [-0.25, -0.2) is 13.1 Å². The molecule has 0 aromatic carbocycles. The summed E-state index contributed by atoms with van der Waals surface area (Å²) in [6.45, 7) is 2.98. The van der Waals surface area contributed by atoms with Crippen molar-refractivity contribution in [3.8, 4) is 0 Å². The van der Waals surface area contributed by atoms with Gasteiger partial charge in [-0.3, -0.25) is 4.79 Å². The van der Waals surface area contributed by atoms with Gasteiger partial charge in [0.25, 0.3) is 15.9 Å². The summed E-state index contributed by atoms with van der Waals surface area (Å²) in [6, 6.07) is 2.59. The number of furan rings is 1. The Morgan fingerprint density at radius 2 is 2.09 bits per heavy atom. The molecule has 23 heavy (non-hydrogen) atoms. The van der Waals surface area contributed by atoms with Crippen LogP contribution in [0.2, 0.25) is 0 Å². The van der Waals surface area contributed by atoms with Crippen molar-refractivity contribution >= 4 is 15.9 Å². The molecule has 0 unspecified atom stereocenters. The zero-order valence-corrected chi connectivity index (χ0v) is 14.3. The SMILES string of the molecule is CNS(=O)(=O)c1ccc(C(=O)NCCO[C@@H]2CCCC[C@@H]2C)o1. The quantitative estimate of drug-likeness (QED) is 0.731. The van der Waals surface area contributed by atoms with Crippen LogP contribution in [-0.4, -0.2) is 40.6 Å². The van der Waals surface area contributed by atoms with Crippen LogP contribution in [0.15, 0.2) is 21.6 Å². The highest BCUT2D eigenvalue weighted by molar-refractivity contribution is 7.89. The van der Waals surface area contributed by atoms with Crippen LogP contribution in [0.25, 0.3) is 0 Å². The molecule has 130 valence electrons. The standard InChI is InChI=1S/C15H24N2O5S/c1-11-5-3-4-6-12(11)21-10-9-17-15(18)13-7-8-14(22-13)23(19,20)16-2/h7-8,11-12,16H,3-6,9-10H2,1-2H3,(H,17,18)/t11-,12+/m0/s1. The molecular weight excluding hydrogens is 320 g/mol. The number of hydrogen-bond acceptors (Lipinski definition) is 5. The summed E-state index contributed by atoms with van der Waals surface area (Å²) in [6.07, 6.45) is 4.96. The van der Waals surface area contributed by atoms with Crippen molar-refractivity contribution in [3.63, 3.8) is 0 Å². The summed E-state index contributed by atoms with van der Waals surface area (Å²) in [5, 5.41) is 2.38. The van der Waals surface area contributed by atoms with Crippen molar-refractivity contribution in [2.24, 2.45) is 5.92 Å². The number of ether oxygens (including phenoxy) is 1. The van der Waals surface area contributed by atoms with Gasteiger partial charge in [-0.15, -0.1) is 0 Å². The smallest absolute Gasteiger partial charge is 0.287 e. The van der Waals surface area contributed by atoms with Crippen molar-refractivity contribution < 1.29 is 22.4 Å². The molecule has 1 aliphatic carbocycles. The fourth-order valence-electron chi connectivity index (χ4n) is 2.68. The third-order valence-corrected chi connectivity index (χ3v) is 5.38. The highest BCUT2D eigenvalue weighted by atomic mass is 32.2. The summed E-state index contributed by atoms with van der Waals surface area (Å²) < 4.78 is 36.1. The van der Waals surface area contributed by atoms with Gasteiger partial charge in [-0.05, 0) is 37.9 Å². The van der Waals surface area contributed by atoms with Gasteiger partial charge in [-0.2, -0.15) is 0 Å². The molecule has 1 saturated carbocycles. The Morgan fingerprint density at radius 3 is 2.78 bits per heavy atom. The van der Waals surface area contributed by atoms with Crippen molar-refractivity contribution in [3.05, 3.63) is 17.9 Å². The minimum atomic E-state index is -3.68. The van der Waals surface area contributed by atoms with E-state index in [0.29, 0.717) is 19.1 Å². The number of rotatable bonds is 7. The highest BCUT2D eigenvalue weighted by Crippen LogP contribution is 2.26. The number of carbonyl (C=O) groups excluding carboxylic acids is 1. The van der Waals surface area contributed by atoms with E-state index in [1.807, 2.05) is 0 Å². The van der Waals surface area contributed by atoms with Gasteiger partial charge in [0.05, 0.1) is 12.7 Å². The van der Waals surface area contributed by atoms with Crippen LogP contribution >= 0.6 is 0 Å². The van der Waals surface area contributed by atoms with E-state index in [9.17, 15) is 13.2 Å². The van der Waals surface area contributed by atoms with E-state index in [4.69, 9.17) is 9.15 Å². The summed E-state index contributed by atoms with van der Waals surface area (Å²) in [5.74, 6) is 0.0616. The Labute approximate surface area is 136 Å². The molecule has 1 fully saturated rings. The Balaban J connectivity index is 1.77. The molecule has 0 spiro atoms. The summed E-state index contributed by atoms with van der Waals surface area (Å²) in [5.41, 5.74) is 0. The van der Waals surface area contributed by atoms with Gasteiger partial charge in [0.2, 0.25) is 5.09 Å². The van der Waals surface area contributed by atoms with Crippen LogP contribution in [0.4, 0.5) is 0 Å². The minimum Gasteiger partial charge on any atom is -0.438 e. The van der Waals surface area contributed by atoms with E-state index in [1.165, 1.54) is 38.4 Å². The predicted molar refractivity (Wildman–Crippen MR) is 84.7 cm³/mol. The topological polar surface area (TPSA) is 97.6 Å². The first-order chi connectivity index (χ1) is 10.9. The fourth-order valence-corrected chi connectivity index (χ4v) is 3.33. The normalized spacial score (nSPS) is 22.0. The monoisotopic (exact) mass is 344 g/mol. The average Bonchev–Trinajstić information content (AvgIpc) is 3.04. The lowest BCUT2D eigenvalue weighted by Gasteiger charge is -2.28. The Morgan fingerprint density at radius 1 is 1.35 bits per heavy atom. The minimum absolute atomic E-state index is 0.0372. The maximum absolute atomic E-state index is 11.9. The molecule has 1 aromatic heterocycles. The first-order valence-electron chi connectivity index (χ1n) is 7.87. The summed E-state index contributed by atoms with van der Waals surface area (Å²) in [7, 11) is -2.40. The molecule has 1 aliphatic rings. The molecule has 2 N–H and O–H groups in total. The van der Waals surface area contributed by atoms with Gasteiger partial charge in [0, 0.05) is 6.54 Å². The van der Waals surface area contributed by atoms with E-state index in [0.717, 1.165) is 6.42 Å². The van der Waals surface area contributed by atoms with Crippen LogP contribution in [-0.2, 0) is 14.8 Å². The Bertz CT molecular complexity index is 626. The third-order valence-electron chi connectivity index (χ3n) is 4.09. The van der Waals surface area contributed by atoms with Crippen LogP contribution < -0.4 is 10.0 Å². The molecule has 0 saturated heterocycles. The number of nitrogens with one attached hydrogen (secondary N) is 2. The molecule has 0 aliphatic heterocycles. The van der Waals surface area contributed by atoms with Crippen molar-refractivity contribution in [2.45, 2.75) is 43.8 Å². The second-order valence-electron chi connectivity index (χ2n) is 5.75. The van der Waals surface area contributed by atoms with E-state index in [1.54, 1.807) is 0 Å². The van der Waals surface area contributed by atoms with Gasteiger partial charge in [0.1, 0.15) is 0 Å². The molecule has 0 radical (unpaired) electrons. The van der Waals surface area contributed by atoms with Crippen LogP contribution in [0.5, 0.6) is 0 Å². The predicted octanol–water partition coefficient (Wildman–Crippen LogP) is 1.51. The number of carbonyl (C=O) groups is 1. The van der Waals surface area contributed by atoms with E-state index >= 15 is 0 Å². The molecule has 2 rings (SSSR count). The lowest BCUT2D eigenvalue weighted by atomic mass is 9.88. The molecular formula is C15H24N2O5S. The van der Waals surface area contributed by atoms with E-state index in [2.05, 4.69) is 17.0 Å². The van der Waals surface area contributed by atoms with Gasteiger partial charge < -0.3 is 14.5 Å². The fraction of sp³-hybridized carbons (Fsp3) is 0.667. The second-order valence-corrected chi connectivity index (χ2v) is 7.57. The van der Waals surface area contributed by atoms with Crippen molar-refractivity contribution in [2.75, 3.05) is 20.2 Å². The van der Waals surface area contributed by atoms with Crippen molar-refractivity contribution in [1.29, 1.82) is 0 Å². The summed E-state index contributed by atoms with van der Waals surface area (Å²) in [4.78, 5) is 11.9. The third kappa shape index (κ3) is 4.79. The lowest BCUT2D eigenvalue weighted by Crippen LogP contribution is -2.31. The Kier molecular flexibility index (Phi) is 6.20. The van der Waals surface area contributed by atoms with Crippen molar-refractivity contribution in [1.82, 2.24) is 10.0 Å².